The van der Waals surface area contributed by atoms with E-state index in [0.29, 0.717) is 22.3 Å². The third kappa shape index (κ3) is 5.37. The van der Waals surface area contributed by atoms with Crippen molar-refractivity contribution in [2.45, 2.75) is 17.9 Å². The lowest BCUT2D eigenvalue weighted by Gasteiger charge is -2.16. The van der Waals surface area contributed by atoms with Crippen LogP contribution in [0.25, 0.3) is 10.9 Å². The van der Waals surface area contributed by atoms with Gasteiger partial charge < -0.3 is 9.47 Å². The second-order valence-electron chi connectivity index (χ2n) is 7.19. The van der Waals surface area contributed by atoms with Gasteiger partial charge in [0.1, 0.15) is 23.9 Å². The first-order chi connectivity index (χ1) is 15.4. The van der Waals surface area contributed by atoms with Crippen LogP contribution < -0.4 is 14.2 Å². The van der Waals surface area contributed by atoms with E-state index in [1.54, 1.807) is 49.5 Å². The van der Waals surface area contributed by atoms with E-state index in [1.807, 2.05) is 30.3 Å². The van der Waals surface area contributed by atoms with Gasteiger partial charge in [-0.1, -0.05) is 23.7 Å². The van der Waals surface area contributed by atoms with Crippen LogP contribution in [-0.4, -0.2) is 26.1 Å². The summed E-state index contributed by atoms with van der Waals surface area (Å²) in [6.07, 6.45) is 1.72. The van der Waals surface area contributed by atoms with Crippen molar-refractivity contribution in [2.75, 3.05) is 6.61 Å². The molecule has 4 rings (SSSR count). The zero-order valence-electron chi connectivity index (χ0n) is 17.2. The summed E-state index contributed by atoms with van der Waals surface area (Å²) in [5.74, 6) is 1.62. The normalized spacial score (nSPS) is 12.4. The number of benzene rings is 3. The van der Waals surface area contributed by atoms with Crippen LogP contribution in [0.1, 0.15) is 6.92 Å². The minimum Gasteiger partial charge on any atom is -0.491 e. The van der Waals surface area contributed by atoms with Crippen LogP contribution in [0.3, 0.4) is 0 Å². The fourth-order valence-corrected chi connectivity index (χ4v) is 4.52. The number of ether oxygens (including phenoxy) is 2. The van der Waals surface area contributed by atoms with E-state index in [9.17, 15) is 8.42 Å². The standard InChI is InChI=1S/C24H21ClN2O4S/c1-17(16-30-24-9-3-8-23-22(24)7-4-14-26-23)27-32(28,29)21-6-2-5-20(15-21)31-19-12-10-18(25)11-13-19/h2-15,17,27H,16H2,1H3/t17-/m0/s1. The van der Waals surface area contributed by atoms with Gasteiger partial charge in [0.05, 0.1) is 16.5 Å². The van der Waals surface area contributed by atoms with Crippen LogP contribution in [0.4, 0.5) is 0 Å². The lowest BCUT2D eigenvalue weighted by atomic mass is 10.2. The van der Waals surface area contributed by atoms with E-state index in [1.165, 1.54) is 12.1 Å². The lowest BCUT2D eigenvalue weighted by Crippen LogP contribution is -2.36. The number of halogens is 1. The number of pyridine rings is 1. The van der Waals surface area contributed by atoms with Crippen LogP contribution in [0.5, 0.6) is 17.2 Å². The van der Waals surface area contributed by atoms with Crippen LogP contribution in [0.15, 0.2) is 90.0 Å². The van der Waals surface area contributed by atoms with Crippen molar-refractivity contribution in [3.63, 3.8) is 0 Å². The van der Waals surface area contributed by atoms with Crippen LogP contribution in [0.2, 0.25) is 5.02 Å². The van der Waals surface area contributed by atoms with Gasteiger partial charge >= 0.3 is 0 Å². The Bertz CT molecular complexity index is 1320. The fourth-order valence-electron chi connectivity index (χ4n) is 3.13. The van der Waals surface area contributed by atoms with Crippen molar-refractivity contribution in [2.24, 2.45) is 0 Å². The molecule has 1 aromatic heterocycles. The Balaban J connectivity index is 1.42. The minimum absolute atomic E-state index is 0.102. The van der Waals surface area contributed by atoms with Gasteiger partial charge in [0.25, 0.3) is 0 Å². The summed E-state index contributed by atoms with van der Waals surface area (Å²) in [5.41, 5.74) is 0.815. The summed E-state index contributed by atoms with van der Waals surface area (Å²) in [6, 6.07) is 22.0. The monoisotopic (exact) mass is 468 g/mol. The summed E-state index contributed by atoms with van der Waals surface area (Å²) < 4.78 is 40.0. The number of hydrogen-bond acceptors (Lipinski definition) is 5. The van der Waals surface area contributed by atoms with Gasteiger partial charge in [-0.05, 0) is 67.6 Å². The van der Waals surface area contributed by atoms with Gasteiger partial charge in [-0.2, -0.15) is 0 Å². The highest BCUT2D eigenvalue weighted by Gasteiger charge is 2.19. The average molecular weight is 469 g/mol. The summed E-state index contributed by atoms with van der Waals surface area (Å²) >= 11 is 5.89. The zero-order chi connectivity index (χ0) is 22.6. The minimum atomic E-state index is -3.77. The molecule has 0 saturated heterocycles. The highest BCUT2D eigenvalue weighted by atomic mass is 35.5. The molecule has 1 atom stereocenters. The number of fused-ring (bicyclic) bond motifs is 1. The van der Waals surface area contributed by atoms with E-state index in [4.69, 9.17) is 21.1 Å². The molecule has 0 spiro atoms. The molecule has 1 N–H and O–H groups in total. The van der Waals surface area contributed by atoms with E-state index in [0.717, 1.165) is 10.9 Å². The summed E-state index contributed by atoms with van der Waals surface area (Å²) in [5, 5.41) is 1.46. The molecule has 0 fully saturated rings. The van der Waals surface area contributed by atoms with Crippen molar-refractivity contribution in [3.05, 3.63) is 90.1 Å². The second-order valence-corrected chi connectivity index (χ2v) is 9.34. The van der Waals surface area contributed by atoms with Gasteiger partial charge in [0.15, 0.2) is 0 Å². The van der Waals surface area contributed by atoms with Crippen molar-refractivity contribution < 1.29 is 17.9 Å². The topological polar surface area (TPSA) is 77.5 Å². The van der Waals surface area contributed by atoms with Crippen molar-refractivity contribution in [3.8, 4) is 17.2 Å². The fraction of sp³-hybridized carbons (Fsp3) is 0.125. The smallest absolute Gasteiger partial charge is 0.241 e. The quantitative estimate of drug-likeness (QED) is 0.373. The van der Waals surface area contributed by atoms with Gasteiger partial charge in [0.2, 0.25) is 10.0 Å². The van der Waals surface area contributed by atoms with Gasteiger partial charge in [-0.15, -0.1) is 0 Å². The number of nitrogens with one attached hydrogen (secondary N) is 1. The number of rotatable bonds is 8. The summed E-state index contributed by atoms with van der Waals surface area (Å²) in [4.78, 5) is 4.40. The van der Waals surface area contributed by atoms with Crippen molar-refractivity contribution in [1.29, 1.82) is 0 Å². The van der Waals surface area contributed by atoms with Gasteiger partial charge in [-0.3, -0.25) is 4.98 Å². The summed E-state index contributed by atoms with van der Waals surface area (Å²) in [6.45, 7) is 1.91. The zero-order valence-corrected chi connectivity index (χ0v) is 18.8. The Hall–Kier alpha value is -3.13. The molecule has 8 heteroatoms. The molecule has 0 bridgehead atoms. The first kappa shape index (κ1) is 22.1. The summed E-state index contributed by atoms with van der Waals surface area (Å²) in [7, 11) is -3.77. The molecule has 6 nitrogen and oxygen atoms in total. The molecule has 164 valence electrons. The molecular formula is C24H21ClN2O4S. The highest BCUT2D eigenvalue weighted by molar-refractivity contribution is 7.89. The Morgan fingerprint density at radius 1 is 0.969 bits per heavy atom. The predicted octanol–water partition coefficient (Wildman–Crippen LogP) is 5.43. The van der Waals surface area contributed by atoms with Crippen molar-refractivity contribution >= 4 is 32.5 Å². The molecule has 32 heavy (non-hydrogen) atoms. The Morgan fingerprint density at radius 2 is 1.75 bits per heavy atom. The van der Waals surface area contributed by atoms with Gasteiger partial charge in [-0.25, -0.2) is 13.1 Å². The van der Waals surface area contributed by atoms with Gasteiger partial charge in [0, 0.05) is 22.7 Å². The second kappa shape index (κ2) is 9.56. The lowest BCUT2D eigenvalue weighted by molar-refractivity contribution is 0.290. The third-order valence-corrected chi connectivity index (χ3v) is 6.46. The average Bonchev–Trinajstić information content (AvgIpc) is 2.79. The third-order valence-electron chi connectivity index (χ3n) is 4.62. The van der Waals surface area contributed by atoms with E-state index >= 15 is 0 Å². The molecule has 0 amide bonds. The Labute approximate surface area is 191 Å². The maximum atomic E-state index is 12.9. The SMILES string of the molecule is C[C@@H](COc1cccc2ncccc12)NS(=O)(=O)c1cccc(Oc2ccc(Cl)cc2)c1. The highest BCUT2D eigenvalue weighted by Crippen LogP contribution is 2.26. The van der Waals surface area contributed by atoms with Crippen LogP contribution in [-0.2, 0) is 10.0 Å². The first-order valence-corrected chi connectivity index (χ1v) is 11.8. The van der Waals surface area contributed by atoms with Crippen molar-refractivity contribution in [1.82, 2.24) is 9.71 Å². The largest absolute Gasteiger partial charge is 0.491 e. The molecule has 0 unspecified atom stereocenters. The predicted molar refractivity (Wildman–Crippen MR) is 125 cm³/mol. The first-order valence-electron chi connectivity index (χ1n) is 9.93. The molecule has 3 aromatic carbocycles. The molecule has 0 saturated carbocycles. The molecule has 0 radical (unpaired) electrons. The number of hydrogen-bond donors (Lipinski definition) is 1. The maximum absolute atomic E-state index is 12.9. The van der Waals surface area contributed by atoms with Crippen LogP contribution in [0, 0.1) is 0 Å². The molecular weight excluding hydrogens is 448 g/mol. The molecule has 1 heterocycles. The molecule has 0 aliphatic heterocycles. The number of nitrogens with zero attached hydrogens (tertiary/aromatic N) is 1. The molecule has 0 aliphatic rings. The Morgan fingerprint density at radius 3 is 2.56 bits per heavy atom. The maximum Gasteiger partial charge on any atom is 0.241 e. The van der Waals surface area contributed by atoms with E-state index < -0.39 is 16.1 Å². The molecule has 0 aliphatic carbocycles. The van der Waals surface area contributed by atoms with E-state index in [2.05, 4.69) is 9.71 Å². The van der Waals surface area contributed by atoms with Crippen LogP contribution >= 0.6 is 11.6 Å². The molecule has 4 aromatic rings. The number of aromatic nitrogens is 1. The number of sulfonamides is 1. The Kier molecular flexibility index (Phi) is 6.60. The van der Waals surface area contributed by atoms with E-state index in [-0.39, 0.29) is 11.5 Å².